The van der Waals surface area contributed by atoms with E-state index in [9.17, 15) is 19.3 Å². The van der Waals surface area contributed by atoms with Gasteiger partial charge in [-0.25, -0.2) is 24.6 Å². The highest BCUT2D eigenvalue weighted by molar-refractivity contribution is 6.31. The minimum Gasteiger partial charge on any atom is -0.487 e. The lowest BCUT2D eigenvalue weighted by Gasteiger charge is -2.27. The van der Waals surface area contributed by atoms with Gasteiger partial charge < -0.3 is 20.5 Å². The van der Waals surface area contributed by atoms with Crippen molar-refractivity contribution in [2.45, 2.75) is 24.5 Å². The molecular formula is C26H23ClFN7O5. The van der Waals surface area contributed by atoms with Crippen LogP contribution in [0.25, 0.3) is 10.9 Å². The third kappa shape index (κ3) is 5.70. The first-order valence-electron chi connectivity index (χ1n) is 12.1. The zero-order valence-electron chi connectivity index (χ0n) is 20.8. The Bertz CT molecular complexity index is 1570. The number of nitro groups is 1. The molecule has 2 amide bonds. The number of aromatic nitrogens is 2. The molecule has 2 aliphatic rings. The SMILES string of the molecule is NC(=O)NN=CC1=CCC(c2cc3cnc(Nc4ccc(F)c(Cl)c4)nc3cc2OC2CCOC2)([N+](=O)[O-])C=C1. The van der Waals surface area contributed by atoms with Crippen molar-refractivity contribution in [3.63, 3.8) is 0 Å². The van der Waals surface area contributed by atoms with Crippen LogP contribution in [0.2, 0.25) is 5.02 Å². The zero-order chi connectivity index (χ0) is 28.3. The van der Waals surface area contributed by atoms with E-state index in [1.54, 1.807) is 24.3 Å². The number of ether oxygens (including phenoxy) is 2. The number of hydrogen-bond acceptors (Lipinski definition) is 9. The Balaban J connectivity index is 1.53. The number of hydrogen-bond donors (Lipinski definition) is 3. The van der Waals surface area contributed by atoms with Gasteiger partial charge >= 0.3 is 6.03 Å². The number of anilines is 2. The smallest absolute Gasteiger partial charge is 0.332 e. The lowest BCUT2D eigenvalue weighted by atomic mass is 9.82. The number of halogens is 2. The first-order valence-corrected chi connectivity index (χ1v) is 12.5. The second-order valence-corrected chi connectivity index (χ2v) is 9.52. The van der Waals surface area contributed by atoms with Gasteiger partial charge in [0.2, 0.25) is 5.95 Å². The van der Waals surface area contributed by atoms with Crippen molar-refractivity contribution < 1.29 is 23.6 Å². The maximum Gasteiger partial charge on any atom is 0.332 e. The van der Waals surface area contributed by atoms with Crippen LogP contribution in [0.15, 0.2) is 65.4 Å². The van der Waals surface area contributed by atoms with Crippen molar-refractivity contribution in [1.82, 2.24) is 15.4 Å². The molecule has 5 rings (SSSR count). The molecule has 2 atom stereocenters. The van der Waals surface area contributed by atoms with E-state index >= 15 is 0 Å². The third-order valence-corrected chi connectivity index (χ3v) is 6.71. The van der Waals surface area contributed by atoms with E-state index in [0.717, 1.165) is 0 Å². The fourth-order valence-electron chi connectivity index (χ4n) is 4.39. The monoisotopic (exact) mass is 567 g/mol. The first-order chi connectivity index (χ1) is 19.2. The normalized spacial score (nSPS) is 20.4. The van der Waals surface area contributed by atoms with Gasteiger partial charge in [0.05, 0.1) is 35.5 Å². The molecule has 0 bridgehead atoms. The molecule has 4 N–H and O–H groups in total. The van der Waals surface area contributed by atoms with Gasteiger partial charge in [-0.05, 0) is 35.9 Å². The van der Waals surface area contributed by atoms with E-state index in [1.807, 2.05) is 0 Å². The number of allylic oxidation sites excluding steroid dienone is 2. The average Bonchev–Trinajstić information content (AvgIpc) is 3.44. The Morgan fingerprint density at radius 1 is 1.38 bits per heavy atom. The van der Waals surface area contributed by atoms with Gasteiger partial charge in [0.15, 0.2) is 0 Å². The van der Waals surface area contributed by atoms with Crippen LogP contribution in [0.1, 0.15) is 18.4 Å². The van der Waals surface area contributed by atoms with Crippen molar-refractivity contribution in [1.29, 1.82) is 0 Å². The summed E-state index contributed by atoms with van der Waals surface area (Å²) in [5, 5.41) is 19.8. The van der Waals surface area contributed by atoms with Crippen LogP contribution < -0.4 is 21.2 Å². The Morgan fingerprint density at radius 3 is 2.90 bits per heavy atom. The molecule has 12 nitrogen and oxygen atoms in total. The topological polar surface area (TPSA) is 167 Å². The van der Waals surface area contributed by atoms with Gasteiger partial charge in [0.25, 0.3) is 5.54 Å². The van der Waals surface area contributed by atoms with Crippen molar-refractivity contribution in [2.75, 3.05) is 18.5 Å². The Morgan fingerprint density at radius 2 is 2.23 bits per heavy atom. The summed E-state index contributed by atoms with van der Waals surface area (Å²) in [6, 6.07) is 6.60. The summed E-state index contributed by atoms with van der Waals surface area (Å²) in [5.74, 6) is -0.0410. The van der Waals surface area contributed by atoms with Crippen molar-refractivity contribution >= 4 is 46.4 Å². The Kier molecular flexibility index (Phi) is 7.58. The van der Waals surface area contributed by atoms with Crippen LogP contribution in [0.5, 0.6) is 5.75 Å². The molecule has 3 aromatic rings. The van der Waals surface area contributed by atoms with Gasteiger partial charge in [-0.1, -0.05) is 23.8 Å². The predicted octanol–water partition coefficient (Wildman–Crippen LogP) is 4.35. The van der Waals surface area contributed by atoms with Crippen LogP contribution in [-0.4, -0.2) is 46.5 Å². The zero-order valence-corrected chi connectivity index (χ0v) is 21.6. The highest BCUT2D eigenvalue weighted by atomic mass is 35.5. The number of amides is 2. The maximum absolute atomic E-state index is 13.5. The average molecular weight is 568 g/mol. The fourth-order valence-corrected chi connectivity index (χ4v) is 4.57. The number of carbonyl (C=O) groups is 1. The van der Waals surface area contributed by atoms with Gasteiger partial charge in [-0.15, -0.1) is 0 Å². The summed E-state index contributed by atoms with van der Waals surface area (Å²) in [7, 11) is 0. The molecule has 2 unspecified atom stereocenters. The quantitative estimate of drug-likeness (QED) is 0.205. The van der Waals surface area contributed by atoms with Crippen LogP contribution in [0.3, 0.4) is 0 Å². The number of nitrogens with one attached hydrogen (secondary N) is 2. The highest BCUT2D eigenvalue weighted by Gasteiger charge is 2.45. The molecule has 40 heavy (non-hydrogen) atoms. The standard InChI is InChI=1S/C26H23ClFN7O5/c27-20-10-17(1-2-21(20)28)32-25-30-13-16-9-19(23(11-22(16)33-25)40-18-5-8-39-14-18)26(35(37)38)6-3-15(4-7-26)12-31-34-24(29)36/h1-4,6,9-13,18H,5,7-8,14H2,(H3,29,34,36)(H,30,32,33). The minimum atomic E-state index is -1.65. The van der Waals surface area contributed by atoms with Crippen LogP contribution in [0, 0.1) is 15.9 Å². The van der Waals surface area contributed by atoms with Crippen LogP contribution in [-0.2, 0) is 10.3 Å². The van der Waals surface area contributed by atoms with Crippen molar-refractivity contribution in [3.8, 4) is 5.75 Å². The van der Waals surface area contributed by atoms with Gasteiger partial charge in [0, 0.05) is 41.1 Å². The fraction of sp³-hybridized carbons (Fsp3) is 0.231. The summed E-state index contributed by atoms with van der Waals surface area (Å²) >= 11 is 5.88. The first kappa shape index (κ1) is 27.0. The molecule has 1 saturated heterocycles. The lowest BCUT2D eigenvalue weighted by Crippen LogP contribution is -2.35. The number of primary amides is 1. The number of carbonyl (C=O) groups excluding carboxylic acids is 1. The van der Waals surface area contributed by atoms with Crippen LogP contribution >= 0.6 is 11.6 Å². The molecular weight excluding hydrogens is 545 g/mol. The lowest BCUT2D eigenvalue weighted by molar-refractivity contribution is -0.563. The molecule has 1 aromatic heterocycles. The predicted molar refractivity (Wildman–Crippen MR) is 146 cm³/mol. The third-order valence-electron chi connectivity index (χ3n) is 6.42. The van der Waals surface area contributed by atoms with E-state index < -0.39 is 17.4 Å². The van der Waals surface area contributed by atoms with E-state index in [-0.39, 0.29) is 28.4 Å². The van der Waals surface area contributed by atoms with Crippen molar-refractivity contribution in [3.05, 3.63) is 86.8 Å². The number of hydrazone groups is 1. The van der Waals surface area contributed by atoms with E-state index in [0.29, 0.717) is 53.1 Å². The molecule has 1 aliphatic carbocycles. The number of nitrogens with two attached hydrogens (primary N) is 1. The summed E-state index contributed by atoms with van der Waals surface area (Å²) < 4.78 is 25.2. The highest BCUT2D eigenvalue weighted by Crippen LogP contribution is 2.42. The van der Waals surface area contributed by atoms with Gasteiger partial charge in [-0.2, -0.15) is 5.10 Å². The summed E-state index contributed by atoms with van der Waals surface area (Å²) in [5.41, 5.74) is 7.28. The maximum atomic E-state index is 13.5. The van der Waals surface area contributed by atoms with Crippen LogP contribution in [0.4, 0.5) is 20.8 Å². The number of urea groups is 1. The molecule has 0 radical (unpaired) electrons. The number of nitrogens with zero attached hydrogens (tertiary/aromatic N) is 4. The van der Waals surface area contributed by atoms with E-state index in [2.05, 4.69) is 25.8 Å². The number of rotatable bonds is 8. The Hall–Kier alpha value is -4.62. The number of fused-ring (bicyclic) bond motifs is 1. The minimum absolute atomic E-state index is 0.0106. The molecule has 0 spiro atoms. The largest absolute Gasteiger partial charge is 0.487 e. The van der Waals surface area contributed by atoms with Crippen molar-refractivity contribution in [2.24, 2.45) is 10.8 Å². The van der Waals surface area contributed by atoms with E-state index in [4.69, 9.17) is 26.8 Å². The van der Waals surface area contributed by atoms with Gasteiger partial charge in [0.1, 0.15) is 17.7 Å². The molecule has 206 valence electrons. The molecule has 0 saturated carbocycles. The molecule has 1 aliphatic heterocycles. The molecule has 2 aromatic carbocycles. The van der Waals surface area contributed by atoms with Gasteiger partial charge in [-0.3, -0.25) is 10.1 Å². The van der Waals surface area contributed by atoms with E-state index in [1.165, 1.54) is 36.7 Å². The summed E-state index contributed by atoms with van der Waals surface area (Å²) in [6.07, 6.45) is 7.86. The Labute approximate surface area is 231 Å². The summed E-state index contributed by atoms with van der Waals surface area (Å²) in [4.78, 5) is 31.9. The molecule has 2 heterocycles. The second-order valence-electron chi connectivity index (χ2n) is 9.12. The number of benzene rings is 2. The molecule has 14 heteroatoms. The molecule has 1 fully saturated rings. The summed E-state index contributed by atoms with van der Waals surface area (Å²) in [6.45, 7) is 0.878. The second kappa shape index (κ2) is 11.2.